The van der Waals surface area contributed by atoms with Crippen LogP contribution in [-0.4, -0.2) is 25.4 Å². The van der Waals surface area contributed by atoms with Crippen LogP contribution in [-0.2, 0) is 16.4 Å². The predicted octanol–water partition coefficient (Wildman–Crippen LogP) is 2.99. The highest BCUT2D eigenvalue weighted by Gasteiger charge is 2.27. The quantitative estimate of drug-likeness (QED) is 0.554. The molecular weight excluding hydrogens is 384 g/mol. The molecule has 0 spiro atoms. The van der Waals surface area contributed by atoms with Crippen molar-refractivity contribution in [1.29, 1.82) is 0 Å². The molecular formula is C18H24N4O3S2. The number of sulfonamides is 1. The molecule has 1 aromatic carbocycles. The average Bonchev–Trinajstić information content (AvgIpc) is 3.37. The number of nitrogens with one attached hydrogen (secondary N) is 3. The Balaban J connectivity index is 1.58. The lowest BCUT2D eigenvalue weighted by Gasteiger charge is -2.09. The Labute approximate surface area is 163 Å². The Kier molecular flexibility index (Phi) is 6.13. The van der Waals surface area contributed by atoms with Crippen LogP contribution in [0.15, 0.2) is 29.2 Å². The van der Waals surface area contributed by atoms with E-state index in [1.807, 2.05) is 6.92 Å². The summed E-state index contributed by atoms with van der Waals surface area (Å²) in [5.41, 5.74) is 6.78. The third-order valence-electron chi connectivity index (χ3n) is 4.18. The SMILES string of the molecule is CCCCc1nc(C)c(C(=O)NNc2ccc(S(=O)(=O)NC3CC3)cc2)s1. The fourth-order valence-corrected chi connectivity index (χ4v) is 4.80. The second-order valence-electron chi connectivity index (χ2n) is 6.62. The molecule has 0 unspecified atom stereocenters. The molecule has 0 atom stereocenters. The second-order valence-corrected chi connectivity index (χ2v) is 9.42. The number of hydrazine groups is 1. The molecule has 7 nitrogen and oxygen atoms in total. The minimum atomic E-state index is -3.47. The standard InChI is InChI=1S/C18H24N4O3S2/c1-3-4-5-16-19-12(2)17(26-16)18(23)21-20-13-8-10-15(11-9-13)27(24,25)22-14-6-7-14/h8-11,14,20,22H,3-7H2,1-2H3,(H,21,23). The first-order valence-corrected chi connectivity index (χ1v) is 11.3. The summed E-state index contributed by atoms with van der Waals surface area (Å²) >= 11 is 1.41. The molecule has 0 bridgehead atoms. The van der Waals surface area contributed by atoms with Crippen molar-refractivity contribution in [1.82, 2.24) is 15.1 Å². The van der Waals surface area contributed by atoms with Crippen LogP contribution in [0.5, 0.6) is 0 Å². The van der Waals surface area contributed by atoms with E-state index < -0.39 is 10.0 Å². The summed E-state index contributed by atoms with van der Waals surface area (Å²) in [6.07, 6.45) is 4.80. The van der Waals surface area contributed by atoms with Gasteiger partial charge in [-0.1, -0.05) is 13.3 Å². The molecule has 2 aromatic rings. The third kappa shape index (κ3) is 5.27. The lowest BCUT2D eigenvalue weighted by atomic mass is 10.3. The Morgan fingerprint density at radius 3 is 2.59 bits per heavy atom. The maximum Gasteiger partial charge on any atom is 0.281 e. The first kappa shape index (κ1) is 19.8. The van der Waals surface area contributed by atoms with E-state index in [0.29, 0.717) is 10.6 Å². The Hall–Kier alpha value is -1.97. The molecule has 1 heterocycles. The van der Waals surface area contributed by atoms with Crippen LogP contribution in [0, 0.1) is 6.92 Å². The van der Waals surface area contributed by atoms with E-state index in [1.54, 1.807) is 12.1 Å². The first-order valence-electron chi connectivity index (χ1n) is 9.04. The van der Waals surface area contributed by atoms with Gasteiger partial charge in [-0.05, 0) is 56.9 Å². The number of carbonyl (C=O) groups excluding carboxylic acids is 1. The topological polar surface area (TPSA) is 100 Å². The highest BCUT2D eigenvalue weighted by molar-refractivity contribution is 7.89. The molecule has 3 N–H and O–H groups in total. The van der Waals surface area contributed by atoms with Crippen LogP contribution in [0.3, 0.4) is 0 Å². The summed E-state index contributed by atoms with van der Waals surface area (Å²) in [6, 6.07) is 6.33. The molecule has 0 saturated heterocycles. The van der Waals surface area contributed by atoms with Gasteiger partial charge >= 0.3 is 0 Å². The van der Waals surface area contributed by atoms with Gasteiger partial charge < -0.3 is 0 Å². The van der Waals surface area contributed by atoms with Gasteiger partial charge in [0.05, 0.1) is 21.3 Å². The van der Waals surface area contributed by atoms with E-state index in [4.69, 9.17) is 0 Å². The number of aromatic nitrogens is 1. The summed E-state index contributed by atoms with van der Waals surface area (Å²) in [5, 5.41) is 0.970. The lowest BCUT2D eigenvalue weighted by Crippen LogP contribution is -2.29. The van der Waals surface area contributed by atoms with Crippen molar-refractivity contribution in [2.45, 2.75) is 56.9 Å². The Bertz CT molecular complexity index is 903. The predicted molar refractivity (Wildman–Crippen MR) is 106 cm³/mol. The van der Waals surface area contributed by atoms with Crippen molar-refractivity contribution in [2.75, 3.05) is 5.43 Å². The highest BCUT2D eigenvalue weighted by atomic mass is 32.2. The zero-order valence-corrected chi connectivity index (χ0v) is 17.0. The van der Waals surface area contributed by atoms with Crippen molar-refractivity contribution >= 4 is 33.0 Å². The number of aryl methyl sites for hydroxylation is 2. The van der Waals surface area contributed by atoms with Gasteiger partial charge in [0.2, 0.25) is 10.0 Å². The number of unbranched alkanes of at least 4 members (excludes halogenated alkanes) is 1. The maximum atomic E-state index is 12.4. The molecule has 0 radical (unpaired) electrons. The van der Waals surface area contributed by atoms with Crippen molar-refractivity contribution < 1.29 is 13.2 Å². The van der Waals surface area contributed by atoms with E-state index in [0.717, 1.165) is 42.8 Å². The number of hydrogen-bond acceptors (Lipinski definition) is 6. The molecule has 1 aromatic heterocycles. The average molecular weight is 409 g/mol. The van der Waals surface area contributed by atoms with E-state index in [2.05, 4.69) is 27.5 Å². The minimum Gasteiger partial charge on any atom is -0.298 e. The number of rotatable bonds is 9. The summed E-state index contributed by atoms with van der Waals surface area (Å²) in [4.78, 5) is 17.6. The lowest BCUT2D eigenvalue weighted by molar-refractivity contribution is 0.0966. The van der Waals surface area contributed by atoms with Gasteiger partial charge in [0.25, 0.3) is 5.91 Å². The number of thiazole rings is 1. The summed E-state index contributed by atoms with van der Waals surface area (Å²) in [6.45, 7) is 3.95. The molecule has 1 aliphatic rings. The van der Waals surface area contributed by atoms with Gasteiger partial charge in [-0.15, -0.1) is 11.3 Å². The third-order valence-corrected chi connectivity index (χ3v) is 6.93. The molecule has 1 amide bonds. The largest absolute Gasteiger partial charge is 0.298 e. The fourth-order valence-electron chi connectivity index (χ4n) is 2.49. The molecule has 1 fully saturated rings. The number of benzene rings is 1. The molecule has 9 heteroatoms. The van der Waals surface area contributed by atoms with Gasteiger partial charge in [-0.2, -0.15) is 0 Å². The van der Waals surface area contributed by atoms with Gasteiger partial charge in [-0.25, -0.2) is 18.1 Å². The summed E-state index contributed by atoms with van der Waals surface area (Å²) in [5.74, 6) is -0.250. The van der Waals surface area contributed by atoms with Gasteiger partial charge in [0.15, 0.2) is 0 Å². The molecule has 146 valence electrons. The van der Waals surface area contributed by atoms with E-state index >= 15 is 0 Å². The van der Waals surface area contributed by atoms with Crippen molar-refractivity contribution in [2.24, 2.45) is 0 Å². The molecule has 3 rings (SSSR count). The zero-order chi connectivity index (χ0) is 19.4. The monoisotopic (exact) mass is 408 g/mol. The number of carbonyl (C=O) groups is 1. The summed E-state index contributed by atoms with van der Waals surface area (Å²) in [7, 11) is -3.47. The fraction of sp³-hybridized carbons (Fsp3) is 0.444. The van der Waals surface area contributed by atoms with E-state index in [9.17, 15) is 13.2 Å². The smallest absolute Gasteiger partial charge is 0.281 e. The Morgan fingerprint density at radius 2 is 1.96 bits per heavy atom. The Morgan fingerprint density at radius 1 is 1.26 bits per heavy atom. The number of amides is 1. The second kappa shape index (κ2) is 8.37. The summed E-state index contributed by atoms with van der Waals surface area (Å²) < 4.78 is 26.9. The van der Waals surface area contributed by atoms with Gasteiger partial charge in [-0.3, -0.25) is 15.6 Å². The van der Waals surface area contributed by atoms with E-state index in [1.165, 1.54) is 23.5 Å². The maximum absolute atomic E-state index is 12.4. The molecule has 1 saturated carbocycles. The van der Waals surface area contributed by atoms with Crippen LogP contribution in [0.1, 0.15) is 53.0 Å². The van der Waals surface area contributed by atoms with Gasteiger partial charge in [0, 0.05) is 6.04 Å². The van der Waals surface area contributed by atoms with Crippen LogP contribution in [0.4, 0.5) is 5.69 Å². The number of nitrogens with zero attached hydrogens (tertiary/aromatic N) is 1. The number of anilines is 1. The molecule has 27 heavy (non-hydrogen) atoms. The zero-order valence-electron chi connectivity index (χ0n) is 15.4. The highest BCUT2D eigenvalue weighted by Crippen LogP contribution is 2.23. The van der Waals surface area contributed by atoms with Gasteiger partial charge in [0.1, 0.15) is 4.88 Å². The molecule has 0 aliphatic heterocycles. The van der Waals surface area contributed by atoms with Crippen LogP contribution >= 0.6 is 11.3 Å². The molecule has 1 aliphatic carbocycles. The van der Waals surface area contributed by atoms with Crippen LogP contribution in [0.25, 0.3) is 0 Å². The minimum absolute atomic E-state index is 0.0666. The van der Waals surface area contributed by atoms with Crippen LogP contribution in [0.2, 0.25) is 0 Å². The first-order chi connectivity index (χ1) is 12.9. The van der Waals surface area contributed by atoms with E-state index in [-0.39, 0.29) is 16.8 Å². The normalized spacial score (nSPS) is 14.1. The van der Waals surface area contributed by atoms with Crippen molar-refractivity contribution in [3.8, 4) is 0 Å². The van der Waals surface area contributed by atoms with Crippen molar-refractivity contribution in [3.63, 3.8) is 0 Å². The number of hydrogen-bond donors (Lipinski definition) is 3. The van der Waals surface area contributed by atoms with Crippen LogP contribution < -0.4 is 15.6 Å². The van der Waals surface area contributed by atoms with Crippen molar-refractivity contribution in [3.05, 3.63) is 39.8 Å².